The van der Waals surface area contributed by atoms with E-state index in [1.807, 2.05) is 45.4 Å². The van der Waals surface area contributed by atoms with Gasteiger partial charge in [0.25, 0.3) is 5.56 Å². The molecule has 0 unspecified atom stereocenters. The molecule has 2 aromatic heterocycles. The summed E-state index contributed by atoms with van der Waals surface area (Å²) < 4.78 is 2.89. The predicted molar refractivity (Wildman–Crippen MR) is 108 cm³/mol. The first-order chi connectivity index (χ1) is 13.3. The molecule has 8 heteroatoms. The molecular weight excluding hydrogens is 358 g/mol. The molecule has 2 N–H and O–H groups in total. The Kier molecular flexibility index (Phi) is 5.04. The van der Waals surface area contributed by atoms with Crippen molar-refractivity contribution in [2.24, 2.45) is 4.99 Å². The number of aromatic amines is 1. The Morgan fingerprint density at radius 2 is 1.93 bits per heavy atom. The Hall–Kier alpha value is -3.42. The van der Waals surface area contributed by atoms with Gasteiger partial charge in [0.1, 0.15) is 11.3 Å². The highest BCUT2D eigenvalue weighted by atomic mass is 16.3. The Bertz CT molecular complexity index is 1200. The Balaban J connectivity index is 2.19. The van der Waals surface area contributed by atoms with E-state index in [0.29, 0.717) is 17.9 Å². The zero-order valence-electron chi connectivity index (χ0n) is 16.6. The standard InChI is InChI=1S/C20H23N5O3/c1-6-24-14(5)17(13(4)23-24)21-10-15-18(26)22-20(28)25(19(15)27)16-9-7-8-11(2)12(16)3/h7-10,27H,6H2,1-5H3,(H,22,26,28). The van der Waals surface area contributed by atoms with Gasteiger partial charge in [-0.25, -0.2) is 9.36 Å². The van der Waals surface area contributed by atoms with Crippen molar-refractivity contribution in [1.29, 1.82) is 0 Å². The van der Waals surface area contributed by atoms with Crippen LogP contribution in [0.5, 0.6) is 5.88 Å². The van der Waals surface area contributed by atoms with E-state index in [1.54, 1.807) is 12.1 Å². The molecule has 0 fully saturated rings. The van der Waals surface area contributed by atoms with Crippen LogP contribution >= 0.6 is 0 Å². The number of nitrogens with one attached hydrogen (secondary N) is 1. The van der Waals surface area contributed by atoms with Gasteiger partial charge in [0.15, 0.2) is 0 Å². The average molecular weight is 381 g/mol. The zero-order chi connectivity index (χ0) is 20.6. The highest BCUT2D eigenvalue weighted by Gasteiger charge is 2.17. The van der Waals surface area contributed by atoms with Crippen molar-refractivity contribution in [2.75, 3.05) is 0 Å². The minimum absolute atomic E-state index is 0.0939. The van der Waals surface area contributed by atoms with Crippen LogP contribution in [0.2, 0.25) is 0 Å². The first-order valence-electron chi connectivity index (χ1n) is 8.99. The van der Waals surface area contributed by atoms with Crippen LogP contribution in [0.4, 0.5) is 5.69 Å². The molecule has 0 atom stereocenters. The lowest BCUT2D eigenvalue weighted by Crippen LogP contribution is -2.31. The van der Waals surface area contributed by atoms with Crippen molar-refractivity contribution < 1.29 is 5.11 Å². The van der Waals surface area contributed by atoms with Gasteiger partial charge in [-0.15, -0.1) is 0 Å². The molecule has 8 nitrogen and oxygen atoms in total. The largest absolute Gasteiger partial charge is 0.493 e. The SMILES string of the molecule is CCn1nc(C)c(N=Cc2c(O)n(-c3cccc(C)c3C)c(=O)[nH]c2=O)c1C. The summed E-state index contributed by atoms with van der Waals surface area (Å²) >= 11 is 0. The summed E-state index contributed by atoms with van der Waals surface area (Å²) in [5.41, 5.74) is 2.98. The molecule has 3 rings (SSSR count). The lowest BCUT2D eigenvalue weighted by molar-refractivity contribution is 0.430. The van der Waals surface area contributed by atoms with Crippen molar-refractivity contribution >= 4 is 11.9 Å². The van der Waals surface area contributed by atoms with E-state index in [1.165, 1.54) is 6.21 Å². The van der Waals surface area contributed by atoms with Crippen molar-refractivity contribution in [3.63, 3.8) is 0 Å². The second kappa shape index (κ2) is 7.30. The molecule has 0 spiro atoms. The average Bonchev–Trinajstić information content (AvgIpc) is 2.92. The van der Waals surface area contributed by atoms with Crippen LogP contribution in [-0.4, -0.2) is 30.7 Å². The predicted octanol–water partition coefficient (Wildman–Crippen LogP) is 2.43. The lowest BCUT2D eigenvalue weighted by Gasteiger charge is -2.13. The summed E-state index contributed by atoms with van der Waals surface area (Å²) in [6, 6.07) is 5.41. The molecule has 0 saturated carbocycles. The van der Waals surface area contributed by atoms with E-state index in [0.717, 1.165) is 27.1 Å². The van der Waals surface area contributed by atoms with Crippen LogP contribution in [0, 0.1) is 27.7 Å². The molecule has 0 radical (unpaired) electrons. The van der Waals surface area contributed by atoms with Gasteiger partial charge in [-0.05, 0) is 51.8 Å². The van der Waals surface area contributed by atoms with E-state index >= 15 is 0 Å². The number of aromatic hydroxyl groups is 1. The fourth-order valence-corrected chi connectivity index (χ4v) is 3.17. The quantitative estimate of drug-likeness (QED) is 0.677. The van der Waals surface area contributed by atoms with E-state index in [4.69, 9.17) is 0 Å². The van der Waals surface area contributed by atoms with Crippen LogP contribution in [0.15, 0.2) is 32.8 Å². The molecule has 0 bridgehead atoms. The van der Waals surface area contributed by atoms with E-state index < -0.39 is 17.1 Å². The van der Waals surface area contributed by atoms with E-state index in [-0.39, 0.29) is 5.56 Å². The highest BCUT2D eigenvalue weighted by Crippen LogP contribution is 2.24. The number of H-pyrrole nitrogens is 1. The molecule has 3 aromatic rings. The molecule has 0 aliphatic carbocycles. The zero-order valence-corrected chi connectivity index (χ0v) is 16.6. The molecule has 28 heavy (non-hydrogen) atoms. The summed E-state index contributed by atoms with van der Waals surface area (Å²) in [6.45, 7) is 10.1. The molecule has 0 aliphatic heterocycles. The van der Waals surface area contributed by atoms with Gasteiger partial charge >= 0.3 is 5.69 Å². The number of aliphatic imine (C=N–C) groups is 1. The molecule has 2 heterocycles. The smallest absolute Gasteiger partial charge is 0.335 e. The van der Waals surface area contributed by atoms with Crippen molar-refractivity contribution in [3.8, 4) is 11.6 Å². The lowest BCUT2D eigenvalue weighted by atomic mass is 10.1. The first-order valence-corrected chi connectivity index (χ1v) is 8.99. The first kappa shape index (κ1) is 19.3. The molecular formula is C20H23N5O3. The summed E-state index contributed by atoms with van der Waals surface area (Å²) in [5.74, 6) is -0.454. The second-order valence-electron chi connectivity index (χ2n) is 6.64. The van der Waals surface area contributed by atoms with Crippen molar-refractivity contribution in [2.45, 2.75) is 41.2 Å². The van der Waals surface area contributed by atoms with E-state index in [2.05, 4.69) is 15.1 Å². The van der Waals surface area contributed by atoms with Crippen LogP contribution < -0.4 is 11.2 Å². The van der Waals surface area contributed by atoms with Crippen LogP contribution in [-0.2, 0) is 6.54 Å². The summed E-state index contributed by atoms with van der Waals surface area (Å²) in [7, 11) is 0. The van der Waals surface area contributed by atoms with Gasteiger partial charge in [-0.2, -0.15) is 5.10 Å². The minimum Gasteiger partial charge on any atom is -0.493 e. The summed E-state index contributed by atoms with van der Waals surface area (Å²) in [5, 5.41) is 15.1. The van der Waals surface area contributed by atoms with Crippen LogP contribution in [0.3, 0.4) is 0 Å². The van der Waals surface area contributed by atoms with Crippen LogP contribution in [0.25, 0.3) is 5.69 Å². The number of nitrogens with zero attached hydrogens (tertiary/aromatic N) is 4. The minimum atomic E-state index is -0.709. The number of aryl methyl sites for hydroxylation is 3. The topological polar surface area (TPSA) is 105 Å². The molecule has 0 amide bonds. The monoisotopic (exact) mass is 381 g/mol. The molecule has 0 saturated heterocycles. The molecule has 0 aliphatic rings. The number of rotatable bonds is 4. The van der Waals surface area contributed by atoms with Crippen molar-refractivity contribution in [3.05, 3.63) is 67.1 Å². The third-order valence-electron chi connectivity index (χ3n) is 4.90. The second-order valence-corrected chi connectivity index (χ2v) is 6.64. The number of aromatic nitrogens is 4. The number of hydrogen-bond acceptors (Lipinski definition) is 5. The summed E-state index contributed by atoms with van der Waals surface area (Å²) in [4.78, 5) is 31.3. The maximum absolute atomic E-state index is 12.4. The Labute approximate surface area is 161 Å². The van der Waals surface area contributed by atoms with E-state index in [9.17, 15) is 14.7 Å². The Morgan fingerprint density at radius 3 is 2.57 bits per heavy atom. The normalized spacial score (nSPS) is 11.5. The maximum atomic E-state index is 12.4. The van der Waals surface area contributed by atoms with Gasteiger partial charge in [0.05, 0.1) is 17.1 Å². The van der Waals surface area contributed by atoms with Crippen LogP contribution in [0.1, 0.15) is 35.0 Å². The summed E-state index contributed by atoms with van der Waals surface area (Å²) in [6.07, 6.45) is 1.27. The fourth-order valence-electron chi connectivity index (χ4n) is 3.17. The highest BCUT2D eigenvalue weighted by molar-refractivity contribution is 5.84. The number of hydrogen-bond donors (Lipinski definition) is 2. The third-order valence-corrected chi connectivity index (χ3v) is 4.90. The maximum Gasteiger partial charge on any atom is 0.335 e. The molecule has 146 valence electrons. The third kappa shape index (κ3) is 3.17. The van der Waals surface area contributed by atoms with Gasteiger partial charge in [-0.1, -0.05) is 12.1 Å². The van der Waals surface area contributed by atoms with Gasteiger partial charge in [-0.3, -0.25) is 19.5 Å². The van der Waals surface area contributed by atoms with Gasteiger partial charge in [0.2, 0.25) is 5.88 Å². The fraction of sp³-hybridized carbons (Fsp3) is 0.300. The van der Waals surface area contributed by atoms with Gasteiger partial charge in [0, 0.05) is 12.8 Å². The number of benzene rings is 1. The molecule has 1 aromatic carbocycles. The van der Waals surface area contributed by atoms with Gasteiger partial charge < -0.3 is 5.11 Å². The Morgan fingerprint density at radius 1 is 1.21 bits per heavy atom. The van der Waals surface area contributed by atoms with Crippen molar-refractivity contribution in [1.82, 2.24) is 19.3 Å².